The number of hydrogen-bond donors (Lipinski definition) is 2. The van der Waals surface area contributed by atoms with Gasteiger partial charge in [0.25, 0.3) is 0 Å². The van der Waals surface area contributed by atoms with Crippen LogP contribution in [-0.2, 0) is 16.6 Å². The highest BCUT2D eigenvalue weighted by Crippen LogP contribution is 2.78. The lowest BCUT2D eigenvalue weighted by Crippen LogP contribution is -2.82. The van der Waals surface area contributed by atoms with E-state index >= 15 is 0 Å². The van der Waals surface area contributed by atoms with E-state index in [9.17, 15) is 10.2 Å². The third-order valence-corrected chi connectivity index (χ3v) is 11.4. The number of aliphatic hydroxyl groups excluding tert-OH is 1. The van der Waals surface area contributed by atoms with Crippen LogP contribution < -0.4 is 4.74 Å². The van der Waals surface area contributed by atoms with Gasteiger partial charge in [-0.1, -0.05) is 49.4 Å². The fourth-order valence-electron chi connectivity index (χ4n) is 9.75. The van der Waals surface area contributed by atoms with Crippen molar-refractivity contribution < 1.29 is 19.7 Å². The van der Waals surface area contributed by atoms with Gasteiger partial charge in [0.1, 0.15) is 11.7 Å². The average Bonchev–Trinajstić information content (AvgIpc) is 3.65. The molecule has 2 aromatic rings. The van der Waals surface area contributed by atoms with Crippen LogP contribution in [0.5, 0.6) is 11.5 Å². The monoisotopic (exact) mass is 485 g/mol. The Hall–Kier alpha value is -2.34. The Kier molecular flexibility index (Phi) is 3.96. The summed E-state index contributed by atoms with van der Waals surface area (Å²) in [6.07, 6.45) is 9.03. The fourth-order valence-corrected chi connectivity index (χ4v) is 9.75. The van der Waals surface area contributed by atoms with E-state index in [1.54, 1.807) is 7.11 Å². The highest BCUT2D eigenvalue weighted by atomic mass is 16.6. The number of fused-ring (bicyclic) bond motifs is 1. The summed E-state index contributed by atoms with van der Waals surface area (Å²) < 4.78 is 13.5. The van der Waals surface area contributed by atoms with E-state index in [1.165, 1.54) is 24.0 Å². The summed E-state index contributed by atoms with van der Waals surface area (Å²) in [7, 11) is 1.77. The molecule has 9 rings (SSSR count). The molecule has 2 spiro atoms. The van der Waals surface area contributed by atoms with E-state index in [4.69, 9.17) is 9.47 Å². The van der Waals surface area contributed by atoms with Gasteiger partial charge in [-0.25, -0.2) is 0 Å². The van der Waals surface area contributed by atoms with E-state index in [0.717, 1.165) is 36.9 Å². The second kappa shape index (κ2) is 6.56. The first-order valence-corrected chi connectivity index (χ1v) is 13.6. The number of aryl methyl sites for hydroxylation is 1. The van der Waals surface area contributed by atoms with Crippen molar-refractivity contribution in [2.45, 2.75) is 81.3 Å². The quantitative estimate of drug-likeness (QED) is 0.621. The van der Waals surface area contributed by atoms with E-state index in [-0.39, 0.29) is 22.7 Å². The molecule has 36 heavy (non-hydrogen) atoms. The highest BCUT2D eigenvalue weighted by molar-refractivity contribution is 5.67. The van der Waals surface area contributed by atoms with Gasteiger partial charge in [0.2, 0.25) is 0 Å². The molecule has 2 N–H and O–H groups in total. The number of aliphatic hydroxyl groups is 1. The first-order chi connectivity index (χ1) is 17.3. The Bertz CT molecular complexity index is 1320. The van der Waals surface area contributed by atoms with Crippen LogP contribution >= 0.6 is 0 Å². The molecule has 7 aliphatic rings. The van der Waals surface area contributed by atoms with E-state index in [1.807, 2.05) is 36.4 Å². The van der Waals surface area contributed by atoms with Crippen molar-refractivity contribution in [3.8, 4) is 11.5 Å². The second-order valence-corrected chi connectivity index (χ2v) is 12.6. The minimum atomic E-state index is -0.829. The Morgan fingerprint density at radius 2 is 1.94 bits per heavy atom. The molecule has 7 atom stereocenters. The normalized spacial score (nSPS) is 42.2. The molecule has 0 radical (unpaired) electrons. The minimum Gasteiger partial charge on any atom is -0.504 e. The molecule has 2 aliphatic heterocycles. The van der Waals surface area contributed by atoms with Crippen molar-refractivity contribution in [2.75, 3.05) is 13.7 Å². The number of piperidine rings is 1. The summed E-state index contributed by atoms with van der Waals surface area (Å²) in [6, 6.07) is 12.9. The first-order valence-electron chi connectivity index (χ1n) is 13.6. The maximum atomic E-state index is 12.1. The number of phenols is 1. The second-order valence-electron chi connectivity index (χ2n) is 12.6. The smallest absolute Gasteiger partial charge is 0.165 e. The Morgan fingerprint density at radius 1 is 1.17 bits per heavy atom. The van der Waals surface area contributed by atoms with Crippen molar-refractivity contribution in [1.82, 2.24) is 4.90 Å². The van der Waals surface area contributed by atoms with Gasteiger partial charge in [0, 0.05) is 35.6 Å². The van der Waals surface area contributed by atoms with Crippen LogP contribution in [0.3, 0.4) is 0 Å². The van der Waals surface area contributed by atoms with Gasteiger partial charge in [-0.15, -0.1) is 0 Å². The van der Waals surface area contributed by atoms with Crippen LogP contribution in [0.15, 0.2) is 48.6 Å². The predicted molar refractivity (Wildman–Crippen MR) is 136 cm³/mol. The number of likely N-dealkylation sites (tertiary alicyclic amines) is 1. The number of benzene rings is 2. The largest absolute Gasteiger partial charge is 0.504 e. The molecular formula is C31H35NO4. The van der Waals surface area contributed by atoms with Gasteiger partial charge in [0.15, 0.2) is 11.5 Å². The summed E-state index contributed by atoms with van der Waals surface area (Å²) in [4.78, 5) is 2.79. The molecule has 188 valence electrons. The standard InChI is InChI=1S/C31H35NO4/c1-18-15-22(33)25-24-21(18)16-23-29-11-12-31(35-3,28(2,17-29)26(34)19-7-5-4-6-8-19)27(36-25)30(24,29)13-14-32(23)20-9-10-20/h4-8,11-12,15,20,23,26-27,33-34H,9-10,13-14,16-17H2,1-3H3/t23?,26-,27+,28?,29?,30+,31+/m1/s1. The SMILES string of the molecule is CO[C@]12C=CC3(CC1(C)[C@H](O)c1ccccc1)C1Cc4c(C)cc(O)c5c4[C@@]3(CCN1C1CC1)[C@@H]2O5. The number of methoxy groups -OCH3 is 1. The molecule has 2 heterocycles. The molecule has 2 saturated carbocycles. The lowest BCUT2D eigenvalue weighted by Gasteiger charge is -2.74. The average molecular weight is 486 g/mol. The molecule has 3 unspecified atom stereocenters. The molecule has 1 saturated heterocycles. The van der Waals surface area contributed by atoms with Crippen molar-refractivity contribution in [2.24, 2.45) is 10.8 Å². The topological polar surface area (TPSA) is 62.2 Å². The molecule has 4 bridgehead atoms. The lowest BCUT2D eigenvalue weighted by molar-refractivity contribution is -0.270. The van der Waals surface area contributed by atoms with Gasteiger partial charge >= 0.3 is 0 Å². The number of rotatable bonds is 4. The van der Waals surface area contributed by atoms with Gasteiger partial charge in [0.05, 0.1) is 11.5 Å². The van der Waals surface area contributed by atoms with E-state index < -0.39 is 17.1 Å². The molecular weight excluding hydrogens is 450 g/mol. The molecule has 0 aromatic heterocycles. The molecule has 5 aliphatic carbocycles. The third-order valence-electron chi connectivity index (χ3n) is 11.4. The van der Waals surface area contributed by atoms with E-state index in [0.29, 0.717) is 17.8 Å². The Morgan fingerprint density at radius 3 is 2.67 bits per heavy atom. The maximum absolute atomic E-state index is 12.1. The molecule has 5 nitrogen and oxygen atoms in total. The number of nitrogens with zero attached hydrogens (tertiary/aromatic N) is 1. The zero-order valence-corrected chi connectivity index (χ0v) is 21.3. The molecule has 2 aromatic carbocycles. The highest BCUT2D eigenvalue weighted by Gasteiger charge is 2.82. The maximum Gasteiger partial charge on any atom is 0.165 e. The molecule has 0 amide bonds. The van der Waals surface area contributed by atoms with Gasteiger partial charge in [-0.2, -0.15) is 0 Å². The first kappa shape index (κ1) is 21.7. The summed E-state index contributed by atoms with van der Waals surface area (Å²) in [5.41, 5.74) is 2.78. The van der Waals surface area contributed by atoms with Crippen LogP contribution in [-0.4, -0.2) is 52.6 Å². The van der Waals surface area contributed by atoms with Gasteiger partial charge in [-0.05, 0) is 68.3 Å². The number of phenolic OH excluding ortho intramolecular Hbond substituents is 1. The summed E-state index contributed by atoms with van der Waals surface area (Å²) in [5, 5.41) is 23.3. The Balaban J connectivity index is 1.42. The van der Waals surface area contributed by atoms with Crippen LogP contribution in [0.2, 0.25) is 0 Å². The summed E-state index contributed by atoms with van der Waals surface area (Å²) in [5.74, 6) is 0.899. The predicted octanol–water partition coefficient (Wildman–Crippen LogP) is 4.58. The van der Waals surface area contributed by atoms with Crippen LogP contribution in [0.25, 0.3) is 0 Å². The van der Waals surface area contributed by atoms with Crippen molar-refractivity contribution in [3.05, 3.63) is 70.8 Å². The summed E-state index contributed by atoms with van der Waals surface area (Å²) in [6.45, 7) is 5.40. The van der Waals surface area contributed by atoms with Gasteiger partial charge < -0.3 is 19.7 Å². The van der Waals surface area contributed by atoms with Crippen molar-refractivity contribution in [1.29, 1.82) is 0 Å². The zero-order chi connectivity index (χ0) is 24.7. The van der Waals surface area contributed by atoms with Gasteiger partial charge in [-0.3, -0.25) is 4.90 Å². The fraction of sp³-hybridized carbons (Fsp3) is 0.548. The zero-order valence-electron chi connectivity index (χ0n) is 21.3. The lowest BCUT2D eigenvalue weighted by atomic mass is 9.33. The summed E-state index contributed by atoms with van der Waals surface area (Å²) >= 11 is 0. The Labute approximate surface area is 212 Å². The van der Waals surface area contributed by atoms with Crippen LogP contribution in [0.1, 0.15) is 61.0 Å². The van der Waals surface area contributed by atoms with Crippen molar-refractivity contribution in [3.63, 3.8) is 0 Å². The molecule has 5 heteroatoms. The molecule has 3 fully saturated rings. The van der Waals surface area contributed by atoms with Crippen LogP contribution in [0.4, 0.5) is 0 Å². The third kappa shape index (κ3) is 2.11. The number of ether oxygens (including phenoxy) is 2. The number of hydrogen-bond acceptors (Lipinski definition) is 5. The van der Waals surface area contributed by atoms with Crippen LogP contribution in [0, 0.1) is 17.8 Å². The minimum absolute atomic E-state index is 0.193. The van der Waals surface area contributed by atoms with E-state index in [2.05, 4.69) is 30.9 Å². The van der Waals surface area contributed by atoms with Crippen molar-refractivity contribution >= 4 is 0 Å². The number of aromatic hydroxyl groups is 1.